The van der Waals surface area contributed by atoms with Crippen LogP contribution < -0.4 is 0 Å². The highest BCUT2D eigenvalue weighted by atomic mass is 16.5. The Bertz CT molecular complexity index is 281. The fourth-order valence-corrected chi connectivity index (χ4v) is 2.67. The van der Waals surface area contributed by atoms with Crippen LogP contribution in [0.4, 0.5) is 0 Å². The predicted octanol–water partition coefficient (Wildman–Crippen LogP) is 3.05. The molecular weight excluding hydrogens is 210 g/mol. The summed E-state index contributed by atoms with van der Waals surface area (Å²) in [4.78, 5) is 2.67. The van der Waals surface area contributed by atoms with E-state index in [0.29, 0.717) is 11.5 Å². The molecule has 2 aliphatic rings. The second kappa shape index (κ2) is 5.53. The average molecular weight is 236 g/mol. The van der Waals surface area contributed by atoms with Crippen LogP contribution in [0.3, 0.4) is 0 Å². The van der Waals surface area contributed by atoms with E-state index in [1.807, 2.05) is 7.11 Å². The monoisotopic (exact) mass is 236 g/mol. The average Bonchev–Trinajstić information content (AvgIpc) is 3.17. The largest absolute Gasteiger partial charge is 0.384 e. The minimum absolute atomic E-state index is 0.486. The van der Waals surface area contributed by atoms with Crippen molar-refractivity contribution in [2.24, 2.45) is 5.41 Å². The van der Waals surface area contributed by atoms with Gasteiger partial charge in [-0.2, -0.15) is 0 Å². The first-order valence-corrected chi connectivity index (χ1v) is 6.96. The van der Waals surface area contributed by atoms with E-state index in [1.54, 1.807) is 0 Å². The molecule has 0 aliphatic heterocycles. The number of hydrogen-bond acceptors (Lipinski definition) is 2. The zero-order chi connectivity index (χ0) is 12.3. The smallest absolute Gasteiger partial charge is 0.0530 e. The van der Waals surface area contributed by atoms with Gasteiger partial charge in [-0.1, -0.05) is 18.6 Å². The summed E-state index contributed by atoms with van der Waals surface area (Å²) in [6.45, 7) is 8.03. The fraction of sp³-hybridized carbons (Fsp3) is 0.800. The molecule has 0 bridgehead atoms. The molecule has 17 heavy (non-hydrogen) atoms. The Morgan fingerprint density at radius 1 is 1.47 bits per heavy atom. The first-order valence-electron chi connectivity index (χ1n) is 6.96. The highest BCUT2D eigenvalue weighted by Crippen LogP contribution is 2.46. The van der Waals surface area contributed by atoms with Crippen molar-refractivity contribution in [1.82, 2.24) is 4.90 Å². The van der Waals surface area contributed by atoms with Gasteiger partial charge in [0.15, 0.2) is 0 Å². The molecule has 1 unspecified atom stereocenters. The van der Waals surface area contributed by atoms with Crippen LogP contribution in [0.2, 0.25) is 0 Å². The lowest BCUT2D eigenvalue weighted by Crippen LogP contribution is -2.39. The van der Waals surface area contributed by atoms with Gasteiger partial charge in [-0.05, 0) is 39.2 Å². The van der Waals surface area contributed by atoms with E-state index in [4.69, 9.17) is 4.74 Å². The quantitative estimate of drug-likeness (QED) is 0.610. The molecule has 0 aromatic carbocycles. The Hall–Kier alpha value is -0.340. The Morgan fingerprint density at radius 3 is 2.65 bits per heavy atom. The van der Waals surface area contributed by atoms with Gasteiger partial charge in [-0.15, -0.1) is 0 Å². The van der Waals surface area contributed by atoms with Crippen LogP contribution in [0.25, 0.3) is 0 Å². The number of nitrogens with zero attached hydrogens (tertiary/aromatic N) is 1. The first-order chi connectivity index (χ1) is 8.19. The molecule has 97 valence electrons. The summed E-state index contributed by atoms with van der Waals surface area (Å²) < 4.78 is 5.38. The zero-order valence-electron chi connectivity index (χ0n) is 11.5. The van der Waals surface area contributed by atoms with Crippen molar-refractivity contribution in [2.45, 2.75) is 45.6 Å². The third-order valence-corrected chi connectivity index (χ3v) is 4.01. The first kappa shape index (κ1) is 13.1. The van der Waals surface area contributed by atoms with E-state index < -0.39 is 0 Å². The van der Waals surface area contributed by atoms with Gasteiger partial charge in [-0.25, -0.2) is 0 Å². The van der Waals surface area contributed by atoms with Crippen molar-refractivity contribution in [3.63, 3.8) is 0 Å². The molecule has 0 aromatic rings. The van der Waals surface area contributed by atoms with Gasteiger partial charge in [0.1, 0.15) is 0 Å². The Morgan fingerprint density at radius 2 is 2.18 bits per heavy atom. The third-order valence-electron chi connectivity index (χ3n) is 4.01. The number of ether oxygens (including phenoxy) is 1. The summed E-state index contributed by atoms with van der Waals surface area (Å²) in [7, 11) is 1.83. The Kier molecular flexibility index (Phi) is 4.26. The second-order valence-corrected chi connectivity index (χ2v) is 5.86. The zero-order valence-corrected chi connectivity index (χ0v) is 11.5. The normalized spacial score (nSPS) is 22.5. The van der Waals surface area contributed by atoms with Gasteiger partial charge < -0.3 is 4.74 Å². The van der Waals surface area contributed by atoms with E-state index >= 15 is 0 Å². The summed E-state index contributed by atoms with van der Waals surface area (Å²) in [5.74, 6) is 0. The fourth-order valence-electron chi connectivity index (χ4n) is 2.67. The lowest BCUT2D eigenvalue weighted by atomic mass is 10.0. The maximum atomic E-state index is 5.38. The number of methoxy groups -OCH3 is 1. The Balaban J connectivity index is 1.84. The van der Waals surface area contributed by atoms with Gasteiger partial charge in [0, 0.05) is 31.5 Å². The van der Waals surface area contributed by atoms with Gasteiger partial charge in [-0.3, -0.25) is 4.90 Å². The molecule has 2 heteroatoms. The lowest BCUT2D eigenvalue weighted by molar-refractivity contribution is 0.0925. The molecule has 0 heterocycles. The van der Waals surface area contributed by atoms with Crippen molar-refractivity contribution in [3.8, 4) is 0 Å². The highest BCUT2D eigenvalue weighted by Gasteiger charge is 2.44. The maximum Gasteiger partial charge on any atom is 0.0530 e. The molecule has 0 N–H and O–H groups in total. The van der Waals surface area contributed by atoms with Crippen LogP contribution in [0.5, 0.6) is 0 Å². The van der Waals surface area contributed by atoms with Gasteiger partial charge in [0.05, 0.1) is 6.61 Å². The molecule has 0 saturated heterocycles. The van der Waals surface area contributed by atoms with Crippen molar-refractivity contribution in [3.05, 3.63) is 18.1 Å². The lowest BCUT2D eigenvalue weighted by Gasteiger charge is -2.32. The summed E-state index contributed by atoms with van der Waals surface area (Å²) in [5.41, 5.74) is 2.02. The van der Waals surface area contributed by atoms with E-state index in [-0.39, 0.29) is 0 Å². The molecule has 1 fully saturated rings. The summed E-state index contributed by atoms with van der Waals surface area (Å²) in [6, 6.07) is 0.675. The van der Waals surface area contributed by atoms with Crippen LogP contribution in [0.1, 0.15) is 39.5 Å². The number of hydrogen-bond donors (Lipinski definition) is 0. The van der Waals surface area contributed by atoms with Crippen LogP contribution in [0, 0.1) is 11.8 Å². The molecular formula is C15H26NO. The van der Waals surface area contributed by atoms with E-state index in [9.17, 15) is 0 Å². The molecule has 0 spiro atoms. The molecule has 0 amide bonds. The summed E-state index contributed by atoms with van der Waals surface area (Å²) in [6.07, 6.45) is 9.65. The van der Waals surface area contributed by atoms with Crippen LogP contribution in [-0.4, -0.2) is 37.7 Å². The van der Waals surface area contributed by atoms with E-state index in [1.165, 1.54) is 44.3 Å². The minimum Gasteiger partial charge on any atom is -0.384 e. The third kappa shape index (κ3) is 3.82. The molecule has 2 nitrogen and oxygen atoms in total. The molecule has 2 aliphatic carbocycles. The molecule has 1 atom stereocenters. The highest BCUT2D eigenvalue weighted by molar-refractivity contribution is 5.39. The maximum absolute atomic E-state index is 5.38. The van der Waals surface area contributed by atoms with Crippen molar-refractivity contribution in [2.75, 3.05) is 26.8 Å². The van der Waals surface area contributed by atoms with E-state index in [0.717, 1.165) is 6.61 Å². The van der Waals surface area contributed by atoms with Gasteiger partial charge in [0.2, 0.25) is 0 Å². The number of allylic oxidation sites excluding steroid dienone is 1. The van der Waals surface area contributed by atoms with Crippen molar-refractivity contribution >= 4 is 0 Å². The molecule has 0 aromatic heterocycles. The van der Waals surface area contributed by atoms with Gasteiger partial charge in [0.25, 0.3) is 0 Å². The second-order valence-electron chi connectivity index (χ2n) is 5.86. The summed E-state index contributed by atoms with van der Waals surface area (Å²) in [5, 5.41) is 0. The van der Waals surface area contributed by atoms with Crippen LogP contribution in [0.15, 0.2) is 11.6 Å². The SMILES string of the molecule is CCCN(CC1(COC)CC1)C(C)CC1=C[CH]1. The molecule has 1 saturated carbocycles. The van der Waals surface area contributed by atoms with E-state index in [2.05, 4.69) is 31.2 Å². The van der Waals surface area contributed by atoms with Crippen LogP contribution in [-0.2, 0) is 4.74 Å². The minimum atomic E-state index is 0.486. The summed E-state index contributed by atoms with van der Waals surface area (Å²) >= 11 is 0. The standard InChI is InChI=1S/C15H26NO/c1-4-9-16(13(2)10-14-5-6-14)11-15(7-8-15)12-17-3/h5-6,13H,4,7-12H2,1-3H3. The predicted molar refractivity (Wildman–Crippen MR) is 71.9 cm³/mol. The Labute approximate surface area is 106 Å². The topological polar surface area (TPSA) is 12.5 Å². The number of rotatable bonds is 9. The van der Waals surface area contributed by atoms with Crippen molar-refractivity contribution in [1.29, 1.82) is 0 Å². The van der Waals surface area contributed by atoms with Gasteiger partial charge >= 0.3 is 0 Å². The molecule has 2 rings (SSSR count). The molecule has 1 radical (unpaired) electrons. The van der Waals surface area contributed by atoms with Crippen LogP contribution >= 0.6 is 0 Å². The van der Waals surface area contributed by atoms with Crippen molar-refractivity contribution < 1.29 is 4.74 Å².